The van der Waals surface area contributed by atoms with Crippen LogP contribution in [-0.2, 0) is 19.9 Å². The SMILES string of the molecule is COc1ccc([Si](C)(C)[C@H]2[C@H](CC(=O)N3CCC[C@H]3CO)O[C@@]3(C(=O)N4c5c(cc(OC)cc53)C(C)=CC4(C)C)[C@@H]2C)cc1. The summed E-state index contributed by atoms with van der Waals surface area (Å²) >= 11 is 0. The van der Waals surface area contributed by atoms with E-state index in [0.29, 0.717) is 12.3 Å². The molecule has 4 aliphatic heterocycles. The van der Waals surface area contributed by atoms with Crippen LogP contribution in [0.4, 0.5) is 5.69 Å². The Balaban J connectivity index is 1.51. The van der Waals surface area contributed by atoms with Gasteiger partial charge in [-0.05, 0) is 69.0 Å². The normalized spacial score (nSPS) is 28.8. The number of hydrogen-bond donors (Lipinski definition) is 1. The number of rotatable bonds is 7. The molecule has 9 heteroatoms. The number of anilines is 1. The molecule has 4 aliphatic rings. The molecule has 1 N–H and O–H groups in total. The first-order chi connectivity index (χ1) is 20.8. The van der Waals surface area contributed by atoms with Gasteiger partial charge in [0.1, 0.15) is 11.5 Å². The Hall–Kier alpha value is -3.14. The number of methoxy groups -OCH3 is 2. The van der Waals surface area contributed by atoms with E-state index < -0.39 is 25.3 Å². The zero-order valence-corrected chi connectivity index (χ0v) is 28.3. The average Bonchev–Trinajstić information content (AvgIpc) is 3.66. The maximum Gasteiger partial charge on any atom is 0.265 e. The molecule has 0 radical (unpaired) electrons. The molecule has 4 heterocycles. The molecule has 236 valence electrons. The van der Waals surface area contributed by atoms with Gasteiger partial charge in [0.2, 0.25) is 5.91 Å². The maximum absolute atomic E-state index is 15.0. The van der Waals surface area contributed by atoms with Crippen LogP contribution in [0.5, 0.6) is 11.5 Å². The van der Waals surface area contributed by atoms with E-state index >= 15 is 4.79 Å². The standard InChI is InChI=1S/C35H46N2O6Si/c1-21-19-34(3,4)37-31-27(21)16-25(42-6)17-28(31)35(33(37)40)22(2)32(44(7,8)26-13-11-24(41-5)12-14-26)29(43-35)18-30(39)36-15-9-10-23(36)20-38/h11-14,16-17,19,22-23,29,32,38H,9-10,15,18,20H2,1-8H3/t22-,23+,29+,32-,35+/m1/s1. The Morgan fingerprint density at radius 3 is 2.43 bits per heavy atom. The minimum atomic E-state index is -2.40. The van der Waals surface area contributed by atoms with Gasteiger partial charge in [-0.3, -0.25) is 14.5 Å². The highest BCUT2D eigenvalue weighted by molar-refractivity contribution is 6.91. The van der Waals surface area contributed by atoms with Crippen molar-refractivity contribution in [3.8, 4) is 11.5 Å². The number of ether oxygens (including phenoxy) is 3. The molecular weight excluding hydrogens is 572 g/mol. The monoisotopic (exact) mass is 618 g/mol. The lowest BCUT2D eigenvalue weighted by molar-refractivity contribution is -0.150. The number of likely N-dealkylation sites (tertiary alicyclic amines) is 1. The third-order valence-electron chi connectivity index (χ3n) is 10.9. The zero-order chi connectivity index (χ0) is 31.8. The molecule has 0 aromatic heterocycles. The number of aliphatic hydroxyl groups is 1. The fourth-order valence-corrected chi connectivity index (χ4v) is 12.8. The van der Waals surface area contributed by atoms with E-state index in [-0.39, 0.29) is 42.3 Å². The van der Waals surface area contributed by atoms with Crippen molar-refractivity contribution >= 4 is 36.3 Å². The summed E-state index contributed by atoms with van der Waals surface area (Å²) in [7, 11) is 0.912. The number of fused-ring (bicyclic) bond motifs is 1. The second-order valence-electron chi connectivity index (χ2n) is 14.1. The summed E-state index contributed by atoms with van der Waals surface area (Å²) in [6.07, 6.45) is 3.51. The largest absolute Gasteiger partial charge is 0.497 e. The van der Waals surface area contributed by atoms with Crippen LogP contribution in [0.15, 0.2) is 42.5 Å². The molecule has 2 aromatic carbocycles. The Morgan fingerprint density at radius 1 is 1.11 bits per heavy atom. The molecule has 1 spiro atoms. The van der Waals surface area contributed by atoms with Crippen molar-refractivity contribution in [3.05, 3.63) is 53.6 Å². The molecule has 5 atom stereocenters. The smallest absolute Gasteiger partial charge is 0.265 e. The first kappa shape index (κ1) is 30.9. The van der Waals surface area contributed by atoms with Gasteiger partial charge in [-0.2, -0.15) is 0 Å². The zero-order valence-electron chi connectivity index (χ0n) is 27.3. The van der Waals surface area contributed by atoms with E-state index in [0.717, 1.165) is 41.0 Å². The van der Waals surface area contributed by atoms with Crippen molar-refractivity contribution in [2.75, 3.05) is 32.3 Å². The number of nitrogens with zero attached hydrogens (tertiary/aromatic N) is 2. The van der Waals surface area contributed by atoms with Crippen molar-refractivity contribution in [2.45, 2.75) is 88.9 Å². The molecule has 0 aliphatic carbocycles. The van der Waals surface area contributed by atoms with Crippen molar-refractivity contribution in [1.82, 2.24) is 4.90 Å². The Morgan fingerprint density at radius 2 is 1.80 bits per heavy atom. The summed E-state index contributed by atoms with van der Waals surface area (Å²) in [6, 6.07) is 12.1. The molecule has 0 unspecified atom stereocenters. The van der Waals surface area contributed by atoms with Gasteiger partial charge in [-0.15, -0.1) is 0 Å². The van der Waals surface area contributed by atoms with Crippen LogP contribution >= 0.6 is 0 Å². The van der Waals surface area contributed by atoms with Gasteiger partial charge in [-0.1, -0.05) is 43.4 Å². The summed E-state index contributed by atoms with van der Waals surface area (Å²) < 4.78 is 18.4. The second-order valence-corrected chi connectivity index (χ2v) is 18.8. The number of aliphatic hydroxyl groups excluding tert-OH is 1. The van der Waals surface area contributed by atoms with E-state index in [1.807, 2.05) is 34.1 Å². The van der Waals surface area contributed by atoms with Gasteiger partial charge in [0.15, 0.2) is 5.60 Å². The average molecular weight is 619 g/mol. The highest BCUT2D eigenvalue weighted by Gasteiger charge is 2.68. The van der Waals surface area contributed by atoms with Crippen LogP contribution in [0.3, 0.4) is 0 Å². The Kier molecular flexibility index (Phi) is 7.53. The predicted octanol–water partition coefficient (Wildman–Crippen LogP) is 4.84. The van der Waals surface area contributed by atoms with Crippen LogP contribution in [0.25, 0.3) is 5.57 Å². The predicted molar refractivity (Wildman–Crippen MR) is 174 cm³/mol. The summed E-state index contributed by atoms with van der Waals surface area (Å²) in [5.41, 5.74) is 1.92. The molecule has 0 saturated carbocycles. The first-order valence-electron chi connectivity index (χ1n) is 15.8. The number of carbonyl (C=O) groups is 2. The number of carbonyl (C=O) groups excluding carboxylic acids is 2. The second kappa shape index (κ2) is 10.7. The molecule has 0 bridgehead atoms. The number of hydrogen-bond acceptors (Lipinski definition) is 6. The third-order valence-corrected chi connectivity index (χ3v) is 15.3. The van der Waals surface area contributed by atoms with Crippen molar-refractivity contribution in [3.63, 3.8) is 0 Å². The summed E-state index contributed by atoms with van der Waals surface area (Å²) in [5.74, 6) is 1.16. The maximum atomic E-state index is 15.0. The van der Waals surface area contributed by atoms with Gasteiger partial charge in [0, 0.05) is 23.6 Å². The molecular formula is C35H46N2O6Si. The molecule has 6 rings (SSSR count). The number of amides is 2. The molecule has 44 heavy (non-hydrogen) atoms. The highest BCUT2D eigenvalue weighted by atomic mass is 28.3. The lowest BCUT2D eigenvalue weighted by Gasteiger charge is -2.40. The van der Waals surface area contributed by atoms with Crippen molar-refractivity contribution in [2.24, 2.45) is 5.92 Å². The fourth-order valence-electron chi connectivity index (χ4n) is 8.82. The molecule has 2 aromatic rings. The van der Waals surface area contributed by atoms with E-state index in [1.54, 1.807) is 14.2 Å². The van der Waals surface area contributed by atoms with Crippen molar-refractivity contribution in [1.29, 1.82) is 0 Å². The van der Waals surface area contributed by atoms with E-state index in [4.69, 9.17) is 14.2 Å². The molecule has 2 amide bonds. The summed E-state index contributed by atoms with van der Waals surface area (Å²) in [4.78, 5) is 32.7. The lowest BCUT2D eigenvalue weighted by Crippen LogP contribution is -2.54. The Labute approximate surface area is 262 Å². The van der Waals surface area contributed by atoms with E-state index in [1.165, 1.54) is 5.19 Å². The fraction of sp³-hybridized carbons (Fsp3) is 0.543. The van der Waals surface area contributed by atoms with Gasteiger partial charge < -0.3 is 24.2 Å². The van der Waals surface area contributed by atoms with E-state index in [2.05, 4.69) is 59.0 Å². The number of benzene rings is 2. The Bertz CT molecular complexity index is 1520. The van der Waals surface area contributed by atoms with Crippen LogP contribution in [0.1, 0.15) is 58.1 Å². The highest BCUT2D eigenvalue weighted by Crippen LogP contribution is 2.63. The van der Waals surface area contributed by atoms with Crippen molar-refractivity contribution < 1.29 is 28.9 Å². The lowest BCUT2D eigenvalue weighted by atomic mass is 9.81. The minimum absolute atomic E-state index is 0.0173. The van der Waals surface area contributed by atoms with Gasteiger partial charge >= 0.3 is 0 Å². The summed E-state index contributed by atoms with van der Waals surface area (Å²) in [6.45, 7) is 13.6. The first-order valence-corrected chi connectivity index (χ1v) is 18.9. The summed E-state index contributed by atoms with van der Waals surface area (Å²) in [5, 5.41) is 11.2. The van der Waals surface area contributed by atoms with Gasteiger partial charge in [0.25, 0.3) is 5.91 Å². The van der Waals surface area contributed by atoms with Crippen LogP contribution in [-0.4, -0.2) is 75.0 Å². The van der Waals surface area contributed by atoms with Crippen LogP contribution in [0.2, 0.25) is 18.6 Å². The topological polar surface area (TPSA) is 88.5 Å². The van der Waals surface area contributed by atoms with Crippen LogP contribution in [0, 0.1) is 5.92 Å². The van der Waals surface area contributed by atoms with Crippen LogP contribution < -0.4 is 19.6 Å². The minimum Gasteiger partial charge on any atom is -0.497 e. The van der Waals surface area contributed by atoms with Gasteiger partial charge in [0.05, 0.1) is 58.7 Å². The molecule has 2 saturated heterocycles. The van der Waals surface area contributed by atoms with E-state index in [9.17, 15) is 9.90 Å². The quantitative estimate of drug-likeness (QED) is 0.447. The number of allylic oxidation sites excluding steroid dienone is 1. The third kappa shape index (κ3) is 4.37. The molecule has 2 fully saturated rings. The van der Waals surface area contributed by atoms with Gasteiger partial charge in [-0.25, -0.2) is 0 Å². The molecule has 8 nitrogen and oxygen atoms in total.